The molecule has 2 aliphatic heterocycles. The van der Waals surface area contributed by atoms with Gasteiger partial charge in [0.15, 0.2) is 0 Å². The molecule has 2 aliphatic rings. The monoisotopic (exact) mass is 488 g/mol. The Labute approximate surface area is 200 Å². The summed E-state index contributed by atoms with van der Waals surface area (Å²) < 4.78 is 38.7. The van der Waals surface area contributed by atoms with E-state index in [9.17, 15) is 13.2 Å². The maximum absolute atomic E-state index is 13.1. The van der Waals surface area contributed by atoms with Gasteiger partial charge in [-0.05, 0) is 36.6 Å². The summed E-state index contributed by atoms with van der Waals surface area (Å²) in [6.45, 7) is 3.23. The molecule has 2 aromatic rings. The fourth-order valence-corrected chi connectivity index (χ4v) is 5.42. The third kappa shape index (κ3) is 6.47. The van der Waals surface area contributed by atoms with Crippen molar-refractivity contribution in [3.63, 3.8) is 0 Å². The van der Waals surface area contributed by atoms with E-state index in [1.54, 1.807) is 18.2 Å². The summed E-state index contributed by atoms with van der Waals surface area (Å²) in [5.41, 5.74) is 2.29. The Bertz CT molecular complexity index is 1050. The largest absolute Gasteiger partial charge is 0.381 e. The molecule has 0 aromatic heterocycles. The lowest BCUT2D eigenvalue weighted by Crippen LogP contribution is -2.40. The first-order chi connectivity index (χ1) is 16.5. The van der Waals surface area contributed by atoms with Crippen LogP contribution in [0.1, 0.15) is 18.4 Å². The second-order valence-corrected chi connectivity index (χ2v) is 10.3. The second-order valence-electron chi connectivity index (χ2n) is 8.36. The molecule has 0 aliphatic carbocycles. The van der Waals surface area contributed by atoms with E-state index >= 15 is 0 Å². The normalized spacial score (nSPS) is 19.0. The average Bonchev–Trinajstić information content (AvgIpc) is 3.40. The molecule has 1 amide bonds. The number of sulfonamides is 1. The highest BCUT2D eigenvalue weighted by atomic mass is 32.2. The number of morpholine rings is 1. The molecule has 0 saturated carbocycles. The lowest BCUT2D eigenvalue weighted by atomic mass is 10.2. The minimum atomic E-state index is -3.66. The zero-order chi connectivity index (χ0) is 23.8. The van der Waals surface area contributed by atoms with E-state index < -0.39 is 10.0 Å². The van der Waals surface area contributed by atoms with Crippen LogP contribution in [0.15, 0.2) is 53.4 Å². The highest BCUT2D eigenvalue weighted by Crippen LogP contribution is 2.28. The van der Waals surface area contributed by atoms with Crippen molar-refractivity contribution in [2.24, 2.45) is 0 Å². The Hall–Kier alpha value is -2.66. The van der Waals surface area contributed by atoms with Crippen LogP contribution in [0, 0.1) is 0 Å². The number of hydrogen-bond donors (Lipinski definition) is 3. The fourth-order valence-electron chi connectivity index (χ4n) is 3.98. The SMILES string of the molecule is O=C(CNc1cc(S(=O)(=O)N2CCOCC2)ccc1NCC1CCCO1)NCc1ccccc1. The van der Waals surface area contributed by atoms with Gasteiger partial charge in [-0.2, -0.15) is 4.31 Å². The molecule has 9 nitrogen and oxygen atoms in total. The molecule has 0 bridgehead atoms. The van der Waals surface area contributed by atoms with Gasteiger partial charge in [0.2, 0.25) is 15.9 Å². The number of carbonyl (C=O) groups is 1. The van der Waals surface area contributed by atoms with Crippen LogP contribution in [0.5, 0.6) is 0 Å². The smallest absolute Gasteiger partial charge is 0.243 e. The van der Waals surface area contributed by atoms with Crippen molar-refractivity contribution in [1.29, 1.82) is 0 Å². The number of amides is 1. The van der Waals surface area contributed by atoms with Crippen molar-refractivity contribution in [3.8, 4) is 0 Å². The number of rotatable bonds is 10. The summed E-state index contributed by atoms with van der Waals surface area (Å²) in [4.78, 5) is 12.6. The molecule has 3 N–H and O–H groups in total. The molecule has 10 heteroatoms. The van der Waals surface area contributed by atoms with Gasteiger partial charge in [0, 0.05) is 32.8 Å². The van der Waals surface area contributed by atoms with E-state index in [2.05, 4.69) is 16.0 Å². The summed E-state index contributed by atoms with van der Waals surface area (Å²) in [6, 6.07) is 14.6. The summed E-state index contributed by atoms with van der Waals surface area (Å²) in [6.07, 6.45) is 2.15. The molecule has 2 aromatic carbocycles. The van der Waals surface area contributed by atoms with Crippen molar-refractivity contribution < 1.29 is 22.7 Å². The van der Waals surface area contributed by atoms with Gasteiger partial charge in [0.05, 0.1) is 42.1 Å². The standard InChI is InChI=1S/C24H32N4O5S/c29-24(27-16-19-5-2-1-3-6-19)18-26-23-15-21(34(30,31)28-10-13-32-14-11-28)8-9-22(23)25-17-20-7-4-12-33-20/h1-3,5-6,8-9,15,20,25-26H,4,7,10-14,16-18H2,(H,27,29). The molecule has 34 heavy (non-hydrogen) atoms. The Morgan fingerprint density at radius 1 is 1.00 bits per heavy atom. The Kier molecular flexibility index (Phi) is 8.39. The molecule has 0 radical (unpaired) electrons. The highest BCUT2D eigenvalue weighted by Gasteiger charge is 2.27. The summed E-state index contributed by atoms with van der Waals surface area (Å²) in [7, 11) is -3.66. The van der Waals surface area contributed by atoms with E-state index in [1.807, 2.05) is 30.3 Å². The van der Waals surface area contributed by atoms with Gasteiger partial charge >= 0.3 is 0 Å². The number of benzene rings is 2. The van der Waals surface area contributed by atoms with Crippen LogP contribution < -0.4 is 16.0 Å². The van der Waals surface area contributed by atoms with Gasteiger partial charge in [-0.15, -0.1) is 0 Å². The van der Waals surface area contributed by atoms with Gasteiger partial charge < -0.3 is 25.4 Å². The van der Waals surface area contributed by atoms with Crippen molar-refractivity contribution in [2.75, 3.05) is 56.6 Å². The van der Waals surface area contributed by atoms with Crippen LogP contribution in [0.3, 0.4) is 0 Å². The molecule has 0 spiro atoms. The van der Waals surface area contributed by atoms with Crippen LogP contribution in [0.4, 0.5) is 11.4 Å². The van der Waals surface area contributed by atoms with Gasteiger partial charge in [0.25, 0.3) is 0 Å². The van der Waals surface area contributed by atoms with Gasteiger partial charge in [-0.3, -0.25) is 4.79 Å². The Balaban J connectivity index is 1.45. The van der Waals surface area contributed by atoms with Crippen LogP contribution >= 0.6 is 0 Å². The molecule has 2 heterocycles. The van der Waals surface area contributed by atoms with E-state index in [4.69, 9.17) is 9.47 Å². The number of carbonyl (C=O) groups excluding carboxylic acids is 1. The van der Waals surface area contributed by atoms with Crippen LogP contribution in [0.25, 0.3) is 0 Å². The second kappa shape index (κ2) is 11.7. The van der Waals surface area contributed by atoms with Gasteiger partial charge in [-0.25, -0.2) is 8.42 Å². The van der Waals surface area contributed by atoms with Crippen molar-refractivity contribution in [1.82, 2.24) is 9.62 Å². The lowest BCUT2D eigenvalue weighted by molar-refractivity contribution is -0.119. The topological polar surface area (TPSA) is 109 Å². The predicted molar refractivity (Wildman–Crippen MR) is 130 cm³/mol. The molecule has 1 atom stereocenters. The highest BCUT2D eigenvalue weighted by molar-refractivity contribution is 7.89. The Morgan fingerprint density at radius 3 is 2.53 bits per heavy atom. The van der Waals surface area contributed by atoms with Gasteiger partial charge in [0.1, 0.15) is 0 Å². The molecular formula is C24H32N4O5S. The number of nitrogens with one attached hydrogen (secondary N) is 3. The van der Waals surface area contributed by atoms with Crippen LogP contribution in [0.2, 0.25) is 0 Å². The molecule has 1 unspecified atom stereocenters. The number of hydrogen-bond acceptors (Lipinski definition) is 7. The minimum absolute atomic E-state index is 0.0164. The number of ether oxygens (including phenoxy) is 2. The van der Waals surface area contributed by atoms with E-state index in [-0.39, 0.29) is 23.5 Å². The molecule has 4 rings (SSSR count). The van der Waals surface area contributed by atoms with Crippen molar-refractivity contribution in [3.05, 3.63) is 54.1 Å². The third-order valence-corrected chi connectivity index (χ3v) is 7.81. The third-order valence-electron chi connectivity index (χ3n) is 5.91. The first kappa shape index (κ1) is 24.5. The summed E-state index contributed by atoms with van der Waals surface area (Å²) in [5, 5.41) is 9.34. The van der Waals surface area contributed by atoms with Gasteiger partial charge in [-0.1, -0.05) is 30.3 Å². The maximum atomic E-state index is 13.1. The average molecular weight is 489 g/mol. The summed E-state index contributed by atoms with van der Waals surface area (Å²) in [5.74, 6) is -0.185. The lowest BCUT2D eigenvalue weighted by Gasteiger charge is -2.26. The maximum Gasteiger partial charge on any atom is 0.243 e. The molecule has 2 fully saturated rings. The van der Waals surface area contributed by atoms with Crippen molar-refractivity contribution >= 4 is 27.3 Å². The zero-order valence-corrected chi connectivity index (χ0v) is 20.0. The van der Waals surface area contributed by atoms with E-state index in [0.29, 0.717) is 45.1 Å². The molecule has 184 valence electrons. The van der Waals surface area contributed by atoms with Crippen molar-refractivity contribution in [2.45, 2.75) is 30.4 Å². The van der Waals surface area contributed by atoms with Crippen LogP contribution in [-0.4, -0.2) is 70.7 Å². The Morgan fingerprint density at radius 2 is 1.79 bits per heavy atom. The van der Waals surface area contributed by atoms with Crippen LogP contribution in [-0.2, 0) is 30.8 Å². The first-order valence-electron chi connectivity index (χ1n) is 11.6. The number of nitrogens with zero attached hydrogens (tertiary/aromatic N) is 1. The summed E-state index contributed by atoms with van der Waals surface area (Å²) >= 11 is 0. The predicted octanol–water partition coefficient (Wildman–Crippen LogP) is 2.03. The zero-order valence-electron chi connectivity index (χ0n) is 19.2. The quantitative estimate of drug-likeness (QED) is 0.470. The minimum Gasteiger partial charge on any atom is -0.381 e. The van der Waals surface area contributed by atoms with E-state index in [1.165, 1.54) is 4.31 Å². The molecule has 2 saturated heterocycles. The fraction of sp³-hybridized carbons (Fsp3) is 0.458. The number of anilines is 2. The first-order valence-corrected chi connectivity index (χ1v) is 13.1. The van der Waals surface area contributed by atoms with E-state index in [0.717, 1.165) is 30.7 Å². The molecular weight excluding hydrogens is 456 g/mol.